The summed E-state index contributed by atoms with van der Waals surface area (Å²) in [5.41, 5.74) is 1.14. The molecule has 0 aromatic heterocycles. The highest BCUT2D eigenvalue weighted by molar-refractivity contribution is 5.76. The summed E-state index contributed by atoms with van der Waals surface area (Å²) in [5, 5.41) is 0. The first-order valence-corrected chi connectivity index (χ1v) is 6.23. The number of ether oxygens (including phenoxy) is 1. The first-order valence-electron chi connectivity index (χ1n) is 6.23. The van der Waals surface area contributed by atoms with Crippen LogP contribution in [0.15, 0.2) is 24.3 Å². The van der Waals surface area contributed by atoms with Crippen LogP contribution in [0.4, 0.5) is 0 Å². The van der Waals surface area contributed by atoms with Crippen LogP contribution < -0.4 is 4.74 Å². The molecule has 3 heteroatoms. The van der Waals surface area contributed by atoms with Crippen molar-refractivity contribution in [3.63, 3.8) is 0 Å². The predicted octanol–water partition coefficient (Wildman–Crippen LogP) is 2.39. The summed E-state index contributed by atoms with van der Waals surface area (Å²) in [7, 11) is 0. The van der Waals surface area contributed by atoms with Crippen LogP contribution in [0, 0.1) is 6.92 Å². The smallest absolute Gasteiger partial charge is 0.222 e. The van der Waals surface area contributed by atoms with Gasteiger partial charge in [0.05, 0.1) is 6.61 Å². The van der Waals surface area contributed by atoms with E-state index in [1.807, 2.05) is 36.1 Å². The van der Waals surface area contributed by atoms with Gasteiger partial charge >= 0.3 is 0 Å². The van der Waals surface area contributed by atoms with E-state index in [2.05, 4.69) is 0 Å². The number of nitrogens with zero attached hydrogens (tertiary/aromatic N) is 1. The van der Waals surface area contributed by atoms with Gasteiger partial charge < -0.3 is 9.64 Å². The van der Waals surface area contributed by atoms with Crippen molar-refractivity contribution in [1.82, 2.24) is 4.90 Å². The van der Waals surface area contributed by atoms with Crippen LogP contribution in [0.2, 0.25) is 0 Å². The number of hydrogen-bond acceptors (Lipinski definition) is 2. The fourth-order valence-corrected chi connectivity index (χ4v) is 1.85. The number of benzene rings is 1. The van der Waals surface area contributed by atoms with Crippen molar-refractivity contribution >= 4 is 5.91 Å². The Bertz CT molecular complexity index is 386. The lowest BCUT2D eigenvalue weighted by molar-refractivity contribution is -0.134. The Labute approximate surface area is 102 Å². The van der Waals surface area contributed by atoms with Crippen LogP contribution in [0.5, 0.6) is 5.75 Å². The van der Waals surface area contributed by atoms with E-state index in [-0.39, 0.29) is 5.91 Å². The highest BCUT2D eigenvalue weighted by Crippen LogP contribution is 2.16. The third kappa shape index (κ3) is 3.22. The van der Waals surface area contributed by atoms with Gasteiger partial charge in [0.25, 0.3) is 0 Å². The Morgan fingerprint density at radius 1 is 1.35 bits per heavy atom. The zero-order chi connectivity index (χ0) is 12.1. The summed E-state index contributed by atoms with van der Waals surface area (Å²) in [6.07, 6.45) is 2.56. The van der Waals surface area contributed by atoms with E-state index in [4.69, 9.17) is 4.74 Å². The van der Waals surface area contributed by atoms with Gasteiger partial charge in [0, 0.05) is 19.5 Å². The van der Waals surface area contributed by atoms with Crippen LogP contribution in [0.25, 0.3) is 0 Å². The lowest BCUT2D eigenvalue weighted by atomic mass is 10.2. The van der Waals surface area contributed by atoms with Gasteiger partial charge in [-0.3, -0.25) is 4.79 Å². The fraction of sp³-hybridized carbons (Fsp3) is 0.500. The van der Waals surface area contributed by atoms with E-state index >= 15 is 0 Å². The molecule has 17 heavy (non-hydrogen) atoms. The van der Waals surface area contributed by atoms with Crippen molar-refractivity contribution in [2.75, 3.05) is 19.7 Å². The Hall–Kier alpha value is -1.51. The van der Waals surface area contributed by atoms with Gasteiger partial charge in [0.1, 0.15) is 5.75 Å². The first-order chi connectivity index (χ1) is 8.27. The van der Waals surface area contributed by atoms with Gasteiger partial charge in [-0.25, -0.2) is 0 Å². The molecule has 1 amide bonds. The van der Waals surface area contributed by atoms with Gasteiger partial charge in [-0.15, -0.1) is 0 Å². The highest BCUT2D eigenvalue weighted by atomic mass is 16.5. The lowest BCUT2D eigenvalue weighted by Crippen LogP contribution is -2.42. The van der Waals surface area contributed by atoms with E-state index in [0.29, 0.717) is 13.0 Å². The monoisotopic (exact) mass is 233 g/mol. The predicted molar refractivity (Wildman–Crippen MR) is 67.1 cm³/mol. The molecule has 1 heterocycles. The molecule has 0 saturated carbocycles. The molecule has 0 aliphatic carbocycles. The van der Waals surface area contributed by atoms with Gasteiger partial charge in [-0.1, -0.05) is 18.2 Å². The summed E-state index contributed by atoms with van der Waals surface area (Å²) in [6, 6.07) is 7.95. The highest BCUT2D eigenvalue weighted by Gasteiger charge is 2.19. The summed E-state index contributed by atoms with van der Waals surface area (Å²) in [4.78, 5) is 13.5. The SMILES string of the molecule is Cc1ccccc1OCCCC(=O)N1CCC1. The van der Waals surface area contributed by atoms with Gasteiger partial charge in [0.2, 0.25) is 5.91 Å². The Balaban J connectivity index is 1.66. The van der Waals surface area contributed by atoms with E-state index in [9.17, 15) is 4.79 Å². The van der Waals surface area contributed by atoms with E-state index in [0.717, 1.165) is 37.2 Å². The molecular formula is C14H19NO2. The second-order valence-corrected chi connectivity index (χ2v) is 4.45. The fourth-order valence-electron chi connectivity index (χ4n) is 1.85. The van der Waals surface area contributed by atoms with Crippen LogP contribution >= 0.6 is 0 Å². The van der Waals surface area contributed by atoms with Crippen molar-refractivity contribution in [1.29, 1.82) is 0 Å². The Morgan fingerprint density at radius 3 is 2.76 bits per heavy atom. The number of rotatable bonds is 5. The number of hydrogen-bond donors (Lipinski definition) is 0. The number of aryl methyl sites for hydroxylation is 1. The molecule has 2 rings (SSSR count). The minimum Gasteiger partial charge on any atom is -0.493 e. The largest absolute Gasteiger partial charge is 0.493 e. The second kappa shape index (κ2) is 5.71. The second-order valence-electron chi connectivity index (χ2n) is 4.45. The molecule has 0 bridgehead atoms. The average Bonchev–Trinajstić information content (AvgIpc) is 2.24. The molecule has 1 fully saturated rings. The molecule has 0 atom stereocenters. The zero-order valence-electron chi connectivity index (χ0n) is 10.3. The standard InChI is InChI=1S/C14H19NO2/c1-12-6-2-3-7-13(12)17-11-4-8-14(16)15-9-5-10-15/h2-3,6-7H,4-5,8-11H2,1H3. The third-order valence-electron chi connectivity index (χ3n) is 3.09. The first kappa shape index (κ1) is 12.0. The van der Waals surface area contributed by atoms with E-state index < -0.39 is 0 Å². The number of carbonyl (C=O) groups excluding carboxylic acids is 1. The maximum Gasteiger partial charge on any atom is 0.222 e. The molecule has 0 unspecified atom stereocenters. The van der Waals surface area contributed by atoms with E-state index in [1.165, 1.54) is 0 Å². The molecular weight excluding hydrogens is 214 g/mol. The van der Waals surface area contributed by atoms with Crippen molar-refractivity contribution in [3.8, 4) is 5.75 Å². The van der Waals surface area contributed by atoms with Gasteiger partial charge in [-0.2, -0.15) is 0 Å². The summed E-state index contributed by atoms with van der Waals surface area (Å²) in [6.45, 7) is 4.53. The van der Waals surface area contributed by atoms with Crippen molar-refractivity contribution in [2.24, 2.45) is 0 Å². The van der Waals surface area contributed by atoms with Crippen LogP contribution in [0.1, 0.15) is 24.8 Å². The number of para-hydroxylation sites is 1. The number of likely N-dealkylation sites (tertiary alicyclic amines) is 1. The van der Waals surface area contributed by atoms with Crippen LogP contribution in [-0.2, 0) is 4.79 Å². The number of carbonyl (C=O) groups is 1. The third-order valence-corrected chi connectivity index (χ3v) is 3.09. The molecule has 1 saturated heterocycles. The summed E-state index contributed by atoms with van der Waals surface area (Å²) in [5.74, 6) is 1.19. The van der Waals surface area contributed by atoms with Crippen molar-refractivity contribution in [2.45, 2.75) is 26.2 Å². The maximum atomic E-state index is 11.6. The Morgan fingerprint density at radius 2 is 2.12 bits per heavy atom. The average molecular weight is 233 g/mol. The maximum absolute atomic E-state index is 11.6. The molecule has 1 aliphatic rings. The molecule has 1 aromatic carbocycles. The minimum atomic E-state index is 0.268. The van der Waals surface area contributed by atoms with Gasteiger partial charge in [-0.05, 0) is 31.4 Å². The van der Waals surface area contributed by atoms with Crippen LogP contribution in [-0.4, -0.2) is 30.5 Å². The van der Waals surface area contributed by atoms with Gasteiger partial charge in [0.15, 0.2) is 0 Å². The zero-order valence-corrected chi connectivity index (χ0v) is 10.3. The van der Waals surface area contributed by atoms with Crippen LogP contribution in [0.3, 0.4) is 0 Å². The Kier molecular flexibility index (Phi) is 4.02. The normalized spacial score (nSPS) is 14.3. The molecule has 0 radical (unpaired) electrons. The molecule has 0 N–H and O–H groups in total. The molecule has 1 aliphatic heterocycles. The molecule has 1 aromatic rings. The van der Waals surface area contributed by atoms with Crippen molar-refractivity contribution in [3.05, 3.63) is 29.8 Å². The molecule has 3 nitrogen and oxygen atoms in total. The molecule has 92 valence electrons. The molecule has 0 spiro atoms. The topological polar surface area (TPSA) is 29.5 Å². The lowest BCUT2D eigenvalue weighted by Gasteiger charge is -2.30. The van der Waals surface area contributed by atoms with E-state index in [1.54, 1.807) is 0 Å². The summed E-state index contributed by atoms with van der Waals surface area (Å²) < 4.78 is 5.65. The quantitative estimate of drug-likeness (QED) is 0.731. The minimum absolute atomic E-state index is 0.268. The summed E-state index contributed by atoms with van der Waals surface area (Å²) >= 11 is 0. The van der Waals surface area contributed by atoms with Crippen molar-refractivity contribution < 1.29 is 9.53 Å². The number of amides is 1.